The van der Waals surface area contributed by atoms with Gasteiger partial charge in [0.25, 0.3) is 0 Å². The lowest BCUT2D eigenvalue weighted by Crippen LogP contribution is -1.92. The van der Waals surface area contributed by atoms with Crippen molar-refractivity contribution in [2.75, 3.05) is 0 Å². The zero-order valence-electron chi connectivity index (χ0n) is 10.9. The summed E-state index contributed by atoms with van der Waals surface area (Å²) < 4.78 is 11.0. The van der Waals surface area contributed by atoms with Crippen molar-refractivity contribution >= 4 is 15.9 Å². The van der Waals surface area contributed by atoms with Crippen molar-refractivity contribution in [2.45, 2.75) is 13.3 Å². The first kappa shape index (κ1) is 13.5. The second-order valence-corrected chi connectivity index (χ2v) is 5.17. The molecule has 0 saturated carbocycles. The first-order valence-electron chi connectivity index (χ1n) is 5.96. The molecule has 0 aliphatic carbocycles. The molecule has 7 nitrogen and oxygen atoms in total. The van der Waals surface area contributed by atoms with E-state index in [0.717, 1.165) is 10.0 Å². The number of nitrogens with zero attached hydrogens (tertiary/aromatic N) is 5. The zero-order valence-corrected chi connectivity index (χ0v) is 12.5. The summed E-state index contributed by atoms with van der Waals surface area (Å²) in [6.07, 6.45) is 3.55. The van der Waals surface area contributed by atoms with E-state index in [9.17, 15) is 0 Å². The van der Waals surface area contributed by atoms with Gasteiger partial charge in [0.15, 0.2) is 5.76 Å². The minimum absolute atomic E-state index is 0.245. The first-order valence-corrected chi connectivity index (χ1v) is 6.75. The molecule has 0 atom stereocenters. The Bertz CT molecular complexity index is 833. The van der Waals surface area contributed by atoms with E-state index in [1.807, 2.05) is 12.1 Å². The Kier molecular flexibility index (Phi) is 3.50. The van der Waals surface area contributed by atoms with Crippen molar-refractivity contribution in [2.24, 2.45) is 0 Å². The third-order valence-corrected chi connectivity index (χ3v) is 3.23. The average molecular weight is 346 g/mol. The van der Waals surface area contributed by atoms with Gasteiger partial charge in [-0.25, -0.2) is 0 Å². The van der Waals surface area contributed by atoms with E-state index in [1.165, 1.54) is 0 Å². The molecule has 3 aromatic rings. The number of pyridine rings is 1. The van der Waals surface area contributed by atoms with Crippen LogP contribution in [0, 0.1) is 18.3 Å². The lowest BCUT2D eigenvalue weighted by Gasteiger charge is -1.93. The molecule has 0 fully saturated rings. The molecule has 3 rings (SSSR count). The Hall–Kier alpha value is -2.53. The molecule has 0 spiro atoms. The fraction of sp³-hybridized carbons (Fsp3) is 0.154. The van der Waals surface area contributed by atoms with Crippen LogP contribution in [0.4, 0.5) is 0 Å². The summed E-state index contributed by atoms with van der Waals surface area (Å²) in [5.74, 6) is 1.26. The molecule has 21 heavy (non-hydrogen) atoms. The van der Waals surface area contributed by atoms with Gasteiger partial charge in [0.2, 0.25) is 11.7 Å². The number of hydrogen-bond donors (Lipinski definition) is 0. The maximum Gasteiger partial charge on any atom is 0.233 e. The van der Waals surface area contributed by atoms with E-state index in [4.69, 9.17) is 14.3 Å². The van der Waals surface area contributed by atoms with E-state index >= 15 is 0 Å². The number of aryl methyl sites for hydroxylation is 1. The second kappa shape index (κ2) is 5.46. The van der Waals surface area contributed by atoms with Crippen molar-refractivity contribution in [1.29, 1.82) is 5.26 Å². The molecule has 0 radical (unpaired) electrons. The minimum atomic E-state index is 0.245. The van der Waals surface area contributed by atoms with Gasteiger partial charge in [0, 0.05) is 22.4 Å². The molecule has 8 heteroatoms. The predicted molar refractivity (Wildman–Crippen MR) is 74.0 cm³/mol. The molecule has 0 aliphatic rings. The highest BCUT2D eigenvalue weighted by Crippen LogP contribution is 2.20. The number of nitriles is 1. The second-order valence-electron chi connectivity index (χ2n) is 4.25. The molecule has 0 unspecified atom stereocenters. The molecule has 0 saturated heterocycles. The standard InChI is InChI=1S/C13H8BrN5O2/c1-7-10(4-15)11(18-20-7)3-12-17-13(19-21-12)8-2-9(14)6-16-5-8/h2,5-6H,3H2,1H3. The van der Waals surface area contributed by atoms with Gasteiger partial charge in [-0.2, -0.15) is 10.2 Å². The summed E-state index contributed by atoms with van der Waals surface area (Å²) >= 11 is 3.33. The van der Waals surface area contributed by atoms with Gasteiger partial charge in [-0.3, -0.25) is 4.98 Å². The Balaban J connectivity index is 1.87. The van der Waals surface area contributed by atoms with Crippen LogP contribution in [0.25, 0.3) is 11.4 Å². The minimum Gasteiger partial charge on any atom is -0.360 e. The summed E-state index contributed by atoms with van der Waals surface area (Å²) in [6.45, 7) is 1.68. The van der Waals surface area contributed by atoms with Crippen LogP contribution in [-0.2, 0) is 6.42 Å². The quantitative estimate of drug-likeness (QED) is 0.718. The van der Waals surface area contributed by atoms with Crippen molar-refractivity contribution in [1.82, 2.24) is 20.3 Å². The fourth-order valence-corrected chi connectivity index (χ4v) is 2.17. The molecular formula is C13H8BrN5O2. The van der Waals surface area contributed by atoms with Crippen LogP contribution in [0.3, 0.4) is 0 Å². The van der Waals surface area contributed by atoms with Gasteiger partial charge in [0.05, 0.1) is 6.42 Å². The summed E-state index contributed by atoms with van der Waals surface area (Å²) in [7, 11) is 0. The van der Waals surface area contributed by atoms with E-state index in [2.05, 4.69) is 36.2 Å². The highest BCUT2D eigenvalue weighted by Gasteiger charge is 2.17. The van der Waals surface area contributed by atoms with Crippen LogP contribution in [0.1, 0.15) is 22.9 Å². The SMILES string of the molecule is Cc1onc(Cc2nc(-c3cncc(Br)c3)no2)c1C#N. The third kappa shape index (κ3) is 2.68. The van der Waals surface area contributed by atoms with Crippen LogP contribution in [0.2, 0.25) is 0 Å². The third-order valence-electron chi connectivity index (χ3n) is 2.80. The van der Waals surface area contributed by atoms with Gasteiger partial charge < -0.3 is 9.05 Å². The molecule has 0 N–H and O–H groups in total. The zero-order chi connectivity index (χ0) is 14.8. The Morgan fingerprint density at radius 1 is 1.29 bits per heavy atom. The summed E-state index contributed by atoms with van der Waals surface area (Å²) in [5, 5.41) is 16.8. The van der Waals surface area contributed by atoms with Crippen LogP contribution < -0.4 is 0 Å². The predicted octanol–water partition coefficient (Wildman–Crippen LogP) is 2.65. The monoisotopic (exact) mass is 345 g/mol. The highest BCUT2D eigenvalue weighted by atomic mass is 79.9. The van der Waals surface area contributed by atoms with Crippen molar-refractivity contribution in [3.63, 3.8) is 0 Å². The van der Waals surface area contributed by atoms with E-state index < -0.39 is 0 Å². The summed E-state index contributed by atoms with van der Waals surface area (Å²) in [6, 6.07) is 3.88. The normalized spacial score (nSPS) is 10.5. The molecule has 0 aliphatic heterocycles. The molecule has 3 aromatic heterocycles. The molecular weight excluding hydrogens is 338 g/mol. The molecule has 104 valence electrons. The Labute approximate surface area is 127 Å². The van der Waals surface area contributed by atoms with Crippen molar-refractivity contribution in [3.05, 3.63) is 45.8 Å². The van der Waals surface area contributed by atoms with Crippen LogP contribution in [0.15, 0.2) is 32.0 Å². The topological polar surface area (TPSA) is 102 Å². The van der Waals surface area contributed by atoms with Gasteiger partial charge in [-0.05, 0) is 28.9 Å². The van der Waals surface area contributed by atoms with E-state index in [0.29, 0.717) is 28.7 Å². The fourth-order valence-electron chi connectivity index (χ4n) is 1.80. The van der Waals surface area contributed by atoms with E-state index in [-0.39, 0.29) is 6.42 Å². The van der Waals surface area contributed by atoms with Crippen molar-refractivity contribution < 1.29 is 9.05 Å². The molecule has 0 bridgehead atoms. The average Bonchev–Trinajstić information content (AvgIpc) is 3.07. The largest absolute Gasteiger partial charge is 0.360 e. The summed E-state index contributed by atoms with van der Waals surface area (Å²) in [4.78, 5) is 8.32. The first-order chi connectivity index (χ1) is 10.2. The highest BCUT2D eigenvalue weighted by molar-refractivity contribution is 9.10. The molecule has 3 heterocycles. The van der Waals surface area contributed by atoms with Crippen LogP contribution in [-0.4, -0.2) is 20.3 Å². The Morgan fingerprint density at radius 3 is 2.90 bits per heavy atom. The maximum absolute atomic E-state index is 9.05. The van der Waals surface area contributed by atoms with Gasteiger partial charge in [0.1, 0.15) is 17.3 Å². The van der Waals surface area contributed by atoms with Crippen molar-refractivity contribution in [3.8, 4) is 17.5 Å². The maximum atomic E-state index is 9.05. The summed E-state index contributed by atoms with van der Waals surface area (Å²) in [5.41, 5.74) is 1.62. The molecule has 0 amide bonds. The number of hydrogen-bond acceptors (Lipinski definition) is 7. The smallest absolute Gasteiger partial charge is 0.233 e. The number of aromatic nitrogens is 4. The Morgan fingerprint density at radius 2 is 2.14 bits per heavy atom. The number of halogens is 1. The van der Waals surface area contributed by atoms with Gasteiger partial charge >= 0.3 is 0 Å². The van der Waals surface area contributed by atoms with E-state index in [1.54, 1.807) is 19.3 Å². The van der Waals surface area contributed by atoms with Gasteiger partial charge in [-0.15, -0.1) is 0 Å². The lowest BCUT2D eigenvalue weighted by molar-refractivity contribution is 0.371. The lowest BCUT2D eigenvalue weighted by atomic mass is 10.1. The van der Waals surface area contributed by atoms with Crippen LogP contribution in [0.5, 0.6) is 0 Å². The number of rotatable bonds is 3. The van der Waals surface area contributed by atoms with Crippen LogP contribution >= 0.6 is 15.9 Å². The van der Waals surface area contributed by atoms with Gasteiger partial charge in [-0.1, -0.05) is 10.3 Å². The molecule has 0 aromatic carbocycles.